The summed E-state index contributed by atoms with van der Waals surface area (Å²) in [5.74, 6) is -0.543. The van der Waals surface area contributed by atoms with Crippen molar-refractivity contribution in [3.63, 3.8) is 0 Å². The number of ether oxygens (including phenoxy) is 1. The molecule has 0 bridgehead atoms. The predicted octanol–water partition coefficient (Wildman–Crippen LogP) is 7.41. The Hall–Kier alpha value is -3.76. The summed E-state index contributed by atoms with van der Waals surface area (Å²) in [4.78, 5) is 29.9. The van der Waals surface area contributed by atoms with Crippen molar-refractivity contribution in [1.29, 1.82) is 0 Å². The summed E-state index contributed by atoms with van der Waals surface area (Å²) in [6.45, 7) is 4.87. The highest BCUT2D eigenvalue weighted by Crippen LogP contribution is 2.28. The van der Waals surface area contributed by atoms with Crippen molar-refractivity contribution in [2.24, 2.45) is 0 Å². The van der Waals surface area contributed by atoms with Gasteiger partial charge in [0.25, 0.3) is 10.0 Å². The number of hydrogen-bond acceptors (Lipinski definition) is 5. The Bertz CT molecular complexity index is 1800. The van der Waals surface area contributed by atoms with E-state index in [0.717, 1.165) is 9.87 Å². The van der Waals surface area contributed by atoms with Gasteiger partial charge in [-0.15, -0.1) is 0 Å². The summed E-state index contributed by atoms with van der Waals surface area (Å²) >= 11 is 18.7. The number of anilines is 1. The SMILES string of the molecule is COc1ccc(S(=O)(=O)N(CC(=O)N(Cc2ccc(Cl)c(Cl)c2)[C@H](Cc2ccccc2)C(=O)NC(C)(C)C)c2ccc(Cl)cc2)cc1. The minimum atomic E-state index is -4.29. The van der Waals surface area contributed by atoms with Crippen molar-refractivity contribution < 1.29 is 22.7 Å². The molecule has 47 heavy (non-hydrogen) atoms. The summed E-state index contributed by atoms with van der Waals surface area (Å²) in [5.41, 5.74) is 1.02. The van der Waals surface area contributed by atoms with Crippen molar-refractivity contribution in [2.45, 2.75) is 50.2 Å². The van der Waals surface area contributed by atoms with Crippen molar-refractivity contribution in [3.05, 3.63) is 123 Å². The largest absolute Gasteiger partial charge is 0.497 e. The van der Waals surface area contributed by atoms with Crippen molar-refractivity contribution >= 4 is 62.3 Å². The van der Waals surface area contributed by atoms with Crippen LogP contribution in [0.1, 0.15) is 31.9 Å². The van der Waals surface area contributed by atoms with Crippen molar-refractivity contribution in [3.8, 4) is 5.75 Å². The molecule has 0 radical (unpaired) electrons. The quantitative estimate of drug-likeness (QED) is 0.165. The fourth-order valence-corrected chi connectivity index (χ4v) is 6.71. The molecule has 0 unspecified atom stereocenters. The van der Waals surface area contributed by atoms with E-state index in [2.05, 4.69) is 5.32 Å². The van der Waals surface area contributed by atoms with E-state index >= 15 is 0 Å². The maximum absolute atomic E-state index is 14.6. The molecule has 1 atom stereocenters. The maximum Gasteiger partial charge on any atom is 0.264 e. The summed E-state index contributed by atoms with van der Waals surface area (Å²) < 4.78 is 34.5. The molecule has 4 aromatic carbocycles. The van der Waals surface area contributed by atoms with Gasteiger partial charge in [0, 0.05) is 23.5 Å². The van der Waals surface area contributed by atoms with E-state index in [4.69, 9.17) is 39.5 Å². The van der Waals surface area contributed by atoms with Crippen molar-refractivity contribution in [1.82, 2.24) is 10.2 Å². The average molecular weight is 717 g/mol. The Labute approximate surface area is 291 Å². The Morgan fingerprint density at radius 2 is 1.47 bits per heavy atom. The zero-order valence-corrected chi connectivity index (χ0v) is 29.5. The molecule has 0 saturated heterocycles. The smallest absolute Gasteiger partial charge is 0.264 e. The van der Waals surface area contributed by atoms with Gasteiger partial charge < -0.3 is 15.0 Å². The second kappa shape index (κ2) is 15.4. The third kappa shape index (κ3) is 9.64. The molecule has 248 valence electrons. The first-order valence-electron chi connectivity index (χ1n) is 14.7. The molecule has 0 aromatic heterocycles. The molecular formula is C35H36Cl3N3O5S. The molecule has 0 fully saturated rings. The third-order valence-corrected chi connectivity index (χ3v) is 9.93. The monoisotopic (exact) mass is 715 g/mol. The van der Waals surface area contributed by atoms with E-state index in [1.165, 1.54) is 48.4 Å². The van der Waals surface area contributed by atoms with Crippen LogP contribution in [-0.4, -0.2) is 50.4 Å². The summed E-state index contributed by atoms with van der Waals surface area (Å²) in [6, 6.07) is 25.2. The number of hydrogen-bond donors (Lipinski definition) is 1. The van der Waals surface area contributed by atoms with E-state index in [-0.39, 0.29) is 28.6 Å². The molecule has 0 saturated carbocycles. The van der Waals surface area contributed by atoms with Gasteiger partial charge in [0.15, 0.2) is 0 Å². The number of halogens is 3. The normalized spacial score (nSPS) is 12.2. The first-order chi connectivity index (χ1) is 22.2. The van der Waals surface area contributed by atoms with E-state index < -0.39 is 40.0 Å². The van der Waals surface area contributed by atoms with Crippen molar-refractivity contribution in [2.75, 3.05) is 18.0 Å². The molecule has 0 aliphatic heterocycles. The number of amides is 2. The standard InChI is InChI=1S/C35H36Cl3N3O5S/c1-35(2,3)39-34(43)32(21-24-8-6-5-7-9-24)40(22-25-10-19-30(37)31(38)20-25)33(42)23-41(27-13-11-26(36)12-14-27)47(44,45)29-17-15-28(46-4)16-18-29/h5-20,32H,21-23H2,1-4H3,(H,39,43)/t32-/m1/s1. The fourth-order valence-electron chi connectivity index (χ4n) is 4.85. The lowest BCUT2D eigenvalue weighted by molar-refractivity contribution is -0.140. The van der Waals surface area contributed by atoms with Crippen LogP contribution in [0.3, 0.4) is 0 Å². The Morgan fingerprint density at radius 3 is 2.04 bits per heavy atom. The summed E-state index contributed by atoms with van der Waals surface area (Å²) in [6.07, 6.45) is 0.169. The number of nitrogens with one attached hydrogen (secondary N) is 1. The zero-order chi connectivity index (χ0) is 34.4. The van der Waals surface area contributed by atoms with Crippen LogP contribution >= 0.6 is 34.8 Å². The van der Waals surface area contributed by atoms with Gasteiger partial charge in [0.2, 0.25) is 11.8 Å². The van der Waals surface area contributed by atoms with E-state index in [1.54, 1.807) is 30.3 Å². The zero-order valence-electron chi connectivity index (χ0n) is 26.4. The first-order valence-corrected chi connectivity index (χ1v) is 17.3. The molecule has 12 heteroatoms. The minimum absolute atomic E-state index is 0.0524. The summed E-state index contributed by atoms with van der Waals surface area (Å²) in [5, 5.41) is 4.00. The van der Waals surface area contributed by atoms with Crippen LogP contribution in [0.5, 0.6) is 5.75 Å². The van der Waals surface area contributed by atoms with Gasteiger partial charge in [-0.25, -0.2) is 8.42 Å². The number of nitrogens with zero attached hydrogens (tertiary/aromatic N) is 2. The van der Waals surface area contributed by atoms with Gasteiger partial charge in [-0.3, -0.25) is 13.9 Å². The molecular weight excluding hydrogens is 681 g/mol. The van der Waals surface area contributed by atoms with Gasteiger partial charge in [-0.1, -0.05) is 71.2 Å². The maximum atomic E-state index is 14.6. The number of rotatable bonds is 12. The van der Waals surface area contributed by atoms with Gasteiger partial charge in [-0.2, -0.15) is 0 Å². The van der Waals surface area contributed by atoms with Gasteiger partial charge in [-0.05, 0) is 92.6 Å². The molecule has 0 aliphatic carbocycles. The van der Waals surface area contributed by atoms with Gasteiger partial charge in [0.05, 0.1) is 27.7 Å². The van der Waals surface area contributed by atoms with Crippen LogP contribution in [0.25, 0.3) is 0 Å². The number of sulfonamides is 1. The molecule has 4 rings (SSSR count). The Morgan fingerprint density at radius 1 is 0.830 bits per heavy atom. The lowest BCUT2D eigenvalue weighted by atomic mass is 10.0. The van der Waals surface area contributed by atoms with Crippen LogP contribution < -0.4 is 14.4 Å². The number of carbonyl (C=O) groups excluding carboxylic acids is 2. The molecule has 4 aromatic rings. The third-order valence-electron chi connectivity index (χ3n) is 7.15. The Balaban J connectivity index is 1.83. The van der Waals surface area contributed by atoms with E-state index in [0.29, 0.717) is 21.4 Å². The predicted molar refractivity (Wildman–Crippen MR) is 188 cm³/mol. The minimum Gasteiger partial charge on any atom is -0.497 e. The van der Waals surface area contributed by atoms with Crippen LogP contribution in [-0.2, 0) is 32.6 Å². The van der Waals surface area contributed by atoms with Gasteiger partial charge >= 0.3 is 0 Å². The van der Waals surface area contributed by atoms with Crippen LogP contribution in [0, 0.1) is 0 Å². The highest BCUT2D eigenvalue weighted by atomic mass is 35.5. The lowest BCUT2D eigenvalue weighted by Gasteiger charge is -2.35. The van der Waals surface area contributed by atoms with E-state index in [1.807, 2.05) is 51.1 Å². The highest BCUT2D eigenvalue weighted by molar-refractivity contribution is 7.92. The molecule has 0 aliphatic rings. The highest BCUT2D eigenvalue weighted by Gasteiger charge is 2.35. The molecule has 1 N–H and O–H groups in total. The lowest BCUT2D eigenvalue weighted by Crippen LogP contribution is -2.56. The molecule has 0 spiro atoms. The van der Waals surface area contributed by atoms with Crippen LogP contribution in [0.4, 0.5) is 5.69 Å². The number of benzene rings is 4. The number of methoxy groups -OCH3 is 1. The molecule has 2 amide bonds. The fraction of sp³-hybridized carbons (Fsp3) is 0.257. The number of carbonyl (C=O) groups is 2. The van der Waals surface area contributed by atoms with Gasteiger partial charge in [0.1, 0.15) is 18.3 Å². The average Bonchev–Trinajstić information content (AvgIpc) is 3.03. The second-order valence-corrected chi connectivity index (χ2v) is 15.0. The molecule has 0 heterocycles. The Kier molecular flexibility index (Phi) is 11.8. The topological polar surface area (TPSA) is 96.0 Å². The first kappa shape index (κ1) is 36.1. The van der Waals surface area contributed by atoms with E-state index in [9.17, 15) is 18.0 Å². The van der Waals surface area contributed by atoms with Crippen LogP contribution in [0.15, 0.2) is 102 Å². The summed E-state index contributed by atoms with van der Waals surface area (Å²) in [7, 11) is -2.81. The van der Waals surface area contributed by atoms with Crippen LogP contribution in [0.2, 0.25) is 15.1 Å². The second-order valence-electron chi connectivity index (χ2n) is 11.9. The molecule has 8 nitrogen and oxygen atoms in total.